The Balaban J connectivity index is 0.000000235. The molecule has 0 atom stereocenters. The van der Waals surface area contributed by atoms with Gasteiger partial charge < -0.3 is 0 Å². The number of nitro groups is 2. The van der Waals surface area contributed by atoms with Crippen LogP contribution in [0.3, 0.4) is 0 Å². The van der Waals surface area contributed by atoms with Crippen molar-refractivity contribution in [2.45, 2.75) is 15.5 Å². The molecule has 164 valence electrons. The molecule has 2 heterocycles. The summed E-state index contributed by atoms with van der Waals surface area (Å²) in [5, 5.41) is 45.4. The molecule has 0 saturated carbocycles. The van der Waals surface area contributed by atoms with Crippen LogP contribution < -0.4 is 5.14 Å². The van der Waals surface area contributed by atoms with Crippen LogP contribution in [0.25, 0.3) is 0 Å². The van der Waals surface area contributed by atoms with Crippen molar-refractivity contribution in [3.8, 4) is 12.1 Å². The van der Waals surface area contributed by atoms with E-state index in [2.05, 4.69) is 0 Å². The number of hydrogen-bond acceptors (Lipinski definition) is 11. The standard InChI is InChI=1S/C12H8N2O2S2.C5H3N3O4S2/c13-6-10-8-18-12(14(15)16)11(10)17-7-9-4-2-1-3-5-9;6-1-3-2-13-5(8(9)10)4(3)14(7,11)12/h1-5,8H,7H2;2H,(H2,7,11,12). The second kappa shape index (κ2) is 10.8. The van der Waals surface area contributed by atoms with E-state index >= 15 is 0 Å². The quantitative estimate of drug-likeness (QED) is 0.290. The van der Waals surface area contributed by atoms with Gasteiger partial charge in [0.2, 0.25) is 10.0 Å². The van der Waals surface area contributed by atoms with Gasteiger partial charge >= 0.3 is 10.0 Å². The summed E-state index contributed by atoms with van der Waals surface area (Å²) in [6.07, 6.45) is 0. The van der Waals surface area contributed by atoms with Gasteiger partial charge in [-0.1, -0.05) is 53.0 Å². The van der Waals surface area contributed by atoms with Crippen LogP contribution in [-0.4, -0.2) is 18.3 Å². The minimum atomic E-state index is -4.23. The highest BCUT2D eigenvalue weighted by atomic mass is 32.2. The zero-order valence-corrected chi connectivity index (χ0v) is 19.0. The molecule has 0 aliphatic rings. The van der Waals surface area contributed by atoms with Gasteiger partial charge in [0, 0.05) is 16.5 Å². The van der Waals surface area contributed by atoms with E-state index in [0.29, 0.717) is 27.5 Å². The van der Waals surface area contributed by atoms with Gasteiger partial charge in [-0.05, 0) is 5.56 Å². The normalized spacial score (nSPS) is 10.3. The van der Waals surface area contributed by atoms with E-state index in [9.17, 15) is 28.6 Å². The van der Waals surface area contributed by atoms with Crippen LogP contribution in [0.5, 0.6) is 0 Å². The van der Waals surface area contributed by atoms with Gasteiger partial charge in [-0.15, -0.1) is 11.8 Å². The third-order valence-electron chi connectivity index (χ3n) is 3.54. The maximum Gasteiger partial charge on any atom is 0.345 e. The molecule has 3 rings (SSSR count). The Morgan fingerprint density at radius 3 is 2.00 bits per heavy atom. The number of thioether (sulfide) groups is 1. The summed E-state index contributed by atoms with van der Waals surface area (Å²) in [7, 11) is -4.23. The monoisotopic (exact) mass is 509 g/mol. The van der Waals surface area contributed by atoms with E-state index in [1.807, 2.05) is 36.4 Å². The molecule has 0 unspecified atom stereocenters. The fraction of sp³-hybridized carbons (Fsp3) is 0.0588. The Morgan fingerprint density at radius 2 is 1.50 bits per heavy atom. The van der Waals surface area contributed by atoms with Gasteiger partial charge in [0.1, 0.15) is 17.0 Å². The smallest absolute Gasteiger partial charge is 0.258 e. The highest BCUT2D eigenvalue weighted by molar-refractivity contribution is 7.98. The fourth-order valence-corrected chi connectivity index (χ4v) is 6.28. The van der Waals surface area contributed by atoms with Crippen LogP contribution in [0, 0.1) is 42.9 Å². The minimum absolute atomic E-state index is 0.0486. The Kier molecular flexibility index (Phi) is 8.41. The number of benzene rings is 1. The molecule has 3 aromatic rings. The maximum atomic E-state index is 10.9. The Labute approximate surface area is 193 Å². The summed E-state index contributed by atoms with van der Waals surface area (Å²) in [6.45, 7) is 0. The summed E-state index contributed by atoms with van der Waals surface area (Å²) in [5.41, 5.74) is 1.16. The summed E-state index contributed by atoms with van der Waals surface area (Å²) in [5.74, 6) is 0.618. The van der Waals surface area contributed by atoms with Crippen LogP contribution in [0.1, 0.15) is 16.7 Å². The second-order valence-corrected chi connectivity index (χ2v) is 9.82. The van der Waals surface area contributed by atoms with Gasteiger partial charge in [-0.25, -0.2) is 13.6 Å². The van der Waals surface area contributed by atoms with E-state index in [4.69, 9.17) is 15.7 Å². The minimum Gasteiger partial charge on any atom is -0.258 e. The number of nitrogens with zero attached hydrogens (tertiary/aromatic N) is 4. The molecule has 0 saturated heterocycles. The number of nitrogens with two attached hydrogens (primary N) is 1. The Hall–Kier alpha value is -3.34. The Morgan fingerprint density at radius 1 is 0.969 bits per heavy atom. The zero-order chi connectivity index (χ0) is 23.9. The molecule has 32 heavy (non-hydrogen) atoms. The van der Waals surface area contributed by atoms with Crippen LogP contribution in [0.4, 0.5) is 10.0 Å². The molecule has 0 spiro atoms. The molecule has 0 amide bonds. The van der Waals surface area contributed by atoms with Crippen LogP contribution in [0.15, 0.2) is 50.9 Å². The van der Waals surface area contributed by atoms with E-state index in [1.165, 1.54) is 23.2 Å². The highest BCUT2D eigenvalue weighted by Gasteiger charge is 2.29. The van der Waals surface area contributed by atoms with E-state index in [0.717, 1.165) is 22.3 Å². The van der Waals surface area contributed by atoms with Crippen LogP contribution in [-0.2, 0) is 15.8 Å². The molecular formula is C17H11N5O6S4. The van der Waals surface area contributed by atoms with Crippen LogP contribution >= 0.6 is 34.4 Å². The summed E-state index contributed by atoms with van der Waals surface area (Å²) >= 11 is 2.89. The number of nitriles is 2. The lowest BCUT2D eigenvalue weighted by atomic mass is 10.2. The summed E-state index contributed by atoms with van der Waals surface area (Å²) in [4.78, 5) is 19.7. The van der Waals surface area contributed by atoms with Gasteiger partial charge in [0.15, 0.2) is 4.90 Å². The predicted molar refractivity (Wildman–Crippen MR) is 119 cm³/mol. The topological polar surface area (TPSA) is 194 Å². The molecule has 0 fully saturated rings. The highest BCUT2D eigenvalue weighted by Crippen LogP contribution is 2.39. The van der Waals surface area contributed by atoms with Gasteiger partial charge in [0.25, 0.3) is 0 Å². The lowest BCUT2D eigenvalue weighted by molar-refractivity contribution is -0.383. The van der Waals surface area contributed by atoms with Crippen molar-refractivity contribution in [1.82, 2.24) is 0 Å². The molecule has 0 aliphatic heterocycles. The lowest BCUT2D eigenvalue weighted by Gasteiger charge is -2.00. The third kappa shape index (κ3) is 6.10. The molecule has 0 bridgehead atoms. The first kappa shape index (κ1) is 24.9. The fourth-order valence-electron chi connectivity index (χ4n) is 2.22. The molecular weight excluding hydrogens is 498 g/mol. The molecule has 2 N–H and O–H groups in total. The van der Waals surface area contributed by atoms with E-state index in [-0.39, 0.29) is 10.6 Å². The summed E-state index contributed by atoms with van der Waals surface area (Å²) in [6, 6.07) is 13.2. The largest absolute Gasteiger partial charge is 0.345 e. The summed E-state index contributed by atoms with van der Waals surface area (Å²) < 4.78 is 21.9. The molecule has 2 aromatic heterocycles. The molecule has 0 aliphatic carbocycles. The third-order valence-corrected chi connectivity index (χ3v) is 7.82. The average Bonchev–Trinajstić information content (AvgIpc) is 3.37. The van der Waals surface area contributed by atoms with Crippen molar-refractivity contribution in [2.24, 2.45) is 5.14 Å². The van der Waals surface area contributed by atoms with E-state index < -0.39 is 29.8 Å². The predicted octanol–water partition coefficient (Wildman–Crippen LogP) is 4.00. The SMILES string of the molecule is N#Cc1csc([N+](=O)[O-])c1S(N)(=O)=O.N#Cc1csc([N+](=O)[O-])c1SCc1ccccc1. The zero-order valence-electron chi connectivity index (χ0n) is 15.7. The second-order valence-electron chi connectivity index (χ2n) is 5.62. The molecule has 1 aromatic carbocycles. The van der Waals surface area contributed by atoms with Crippen molar-refractivity contribution >= 4 is 54.5 Å². The van der Waals surface area contributed by atoms with Gasteiger partial charge in [-0.3, -0.25) is 20.2 Å². The molecule has 0 radical (unpaired) electrons. The number of hydrogen-bond donors (Lipinski definition) is 1. The van der Waals surface area contributed by atoms with Crippen molar-refractivity contribution < 1.29 is 18.3 Å². The lowest BCUT2D eigenvalue weighted by Crippen LogP contribution is -2.14. The van der Waals surface area contributed by atoms with Crippen molar-refractivity contribution in [3.05, 3.63) is 78.0 Å². The van der Waals surface area contributed by atoms with Crippen LogP contribution in [0.2, 0.25) is 0 Å². The first-order chi connectivity index (χ1) is 15.1. The molecule has 11 nitrogen and oxygen atoms in total. The first-order valence-electron chi connectivity index (χ1n) is 8.11. The van der Waals surface area contributed by atoms with Crippen molar-refractivity contribution in [3.63, 3.8) is 0 Å². The molecule has 15 heteroatoms. The number of primary sulfonamides is 1. The number of sulfonamides is 1. The van der Waals surface area contributed by atoms with E-state index in [1.54, 1.807) is 0 Å². The van der Waals surface area contributed by atoms with Crippen molar-refractivity contribution in [1.29, 1.82) is 10.5 Å². The number of rotatable bonds is 6. The number of thiophene rings is 2. The van der Waals surface area contributed by atoms with Gasteiger partial charge in [-0.2, -0.15) is 10.5 Å². The van der Waals surface area contributed by atoms with Crippen molar-refractivity contribution in [2.75, 3.05) is 0 Å². The average molecular weight is 510 g/mol. The van der Waals surface area contributed by atoms with Gasteiger partial charge in [0.05, 0.1) is 21.0 Å². The first-order valence-corrected chi connectivity index (χ1v) is 12.4. The maximum absolute atomic E-state index is 10.9. The Bertz CT molecular complexity index is 1340.